The zero-order chi connectivity index (χ0) is 15.0. The van der Waals surface area contributed by atoms with Crippen LogP contribution in [0, 0.1) is 0 Å². The van der Waals surface area contributed by atoms with E-state index in [2.05, 4.69) is 10.1 Å². The van der Waals surface area contributed by atoms with Crippen molar-refractivity contribution in [1.29, 1.82) is 0 Å². The highest BCUT2D eigenvalue weighted by molar-refractivity contribution is 5.85. The Kier molecular flexibility index (Phi) is 7.69. The number of hydrogen-bond acceptors (Lipinski definition) is 7. The number of nitrogens with one attached hydrogen (secondary N) is 1. The largest absolute Gasteiger partial charge is 0.450 e. The summed E-state index contributed by atoms with van der Waals surface area (Å²) in [7, 11) is 0. The summed E-state index contributed by atoms with van der Waals surface area (Å²) in [5, 5.41) is 19.7. The van der Waals surface area contributed by atoms with Gasteiger partial charge in [-0.1, -0.05) is 0 Å². The second kappa shape index (κ2) is 8.44. The van der Waals surface area contributed by atoms with Gasteiger partial charge in [-0.25, -0.2) is 9.59 Å². The molecule has 0 spiro atoms. The summed E-state index contributed by atoms with van der Waals surface area (Å²) in [6, 6.07) is 0. The van der Waals surface area contributed by atoms with E-state index in [-0.39, 0.29) is 13.2 Å². The Bertz CT molecular complexity index is 329. The molecule has 0 fully saturated rings. The van der Waals surface area contributed by atoms with Gasteiger partial charge in [0.25, 0.3) is 5.91 Å². The Balaban J connectivity index is 4.21. The highest BCUT2D eigenvalue weighted by Crippen LogP contribution is 2.01. The summed E-state index contributed by atoms with van der Waals surface area (Å²) in [6.45, 7) is 3.63. The first-order valence-electron chi connectivity index (χ1n) is 5.77. The van der Waals surface area contributed by atoms with Crippen molar-refractivity contribution in [3.63, 3.8) is 0 Å². The highest BCUT2D eigenvalue weighted by atomic mass is 16.6. The Hall–Kier alpha value is -1.67. The van der Waals surface area contributed by atoms with Crippen molar-refractivity contribution in [3.8, 4) is 0 Å². The molecule has 0 aromatic heterocycles. The van der Waals surface area contributed by atoms with Crippen molar-refractivity contribution in [2.45, 2.75) is 39.1 Å². The van der Waals surface area contributed by atoms with Crippen LogP contribution in [0.25, 0.3) is 0 Å². The molecular formula is C11H19NO7. The fourth-order valence-corrected chi connectivity index (χ4v) is 0.967. The van der Waals surface area contributed by atoms with E-state index < -0.39 is 36.2 Å². The summed E-state index contributed by atoms with van der Waals surface area (Å²) in [5.74, 6) is -2.43. The molecule has 0 radical (unpaired) electrons. The fraction of sp³-hybridized carbons (Fsp3) is 0.727. The molecule has 0 rings (SSSR count). The highest BCUT2D eigenvalue weighted by Gasteiger charge is 2.25. The lowest BCUT2D eigenvalue weighted by atomic mass is 10.3. The lowest BCUT2D eigenvalue weighted by molar-refractivity contribution is -0.175. The summed E-state index contributed by atoms with van der Waals surface area (Å²) in [5.41, 5.74) is 0. The number of rotatable bonds is 7. The number of carbonyl (C=O) groups excluding carboxylic acids is 3. The van der Waals surface area contributed by atoms with Crippen molar-refractivity contribution in [1.82, 2.24) is 5.32 Å². The minimum atomic E-state index is -1.35. The van der Waals surface area contributed by atoms with Gasteiger partial charge in [0.2, 0.25) is 0 Å². The van der Waals surface area contributed by atoms with Crippen molar-refractivity contribution in [2.24, 2.45) is 0 Å². The zero-order valence-corrected chi connectivity index (χ0v) is 11.1. The maximum absolute atomic E-state index is 11.5. The number of aliphatic hydroxyl groups excluding tert-OH is 2. The predicted molar refractivity (Wildman–Crippen MR) is 62.9 cm³/mol. The van der Waals surface area contributed by atoms with Crippen molar-refractivity contribution >= 4 is 17.8 Å². The van der Waals surface area contributed by atoms with Crippen LogP contribution in [0.3, 0.4) is 0 Å². The van der Waals surface area contributed by atoms with Gasteiger partial charge >= 0.3 is 11.9 Å². The predicted octanol–water partition coefficient (Wildman–Crippen LogP) is -1.66. The quantitative estimate of drug-likeness (QED) is 0.476. The van der Waals surface area contributed by atoms with Crippen LogP contribution in [0.4, 0.5) is 0 Å². The van der Waals surface area contributed by atoms with Gasteiger partial charge in [0.05, 0.1) is 6.61 Å². The minimum Gasteiger partial charge on any atom is -0.450 e. The molecule has 0 bridgehead atoms. The van der Waals surface area contributed by atoms with E-state index in [0.717, 1.165) is 0 Å². The van der Waals surface area contributed by atoms with E-state index in [4.69, 9.17) is 14.9 Å². The average Bonchev–Trinajstić information content (AvgIpc) is 2.35. The van der Waals surface area contributed by atoms with Crippen LogP contribution in [-0.4, -0.2) is 59.5 Å². The first kappa shape index (κ1) is 17.3. The molecule has 0 aliphatic carbocycles. The molecule has 0 heterocycles. The minimum absolute atomic E-state index is 0.0489. The summed E-state index contributed by atoms with van der Waals surface area (Å²) >= 11 is 0. The second-order valence-electron chi connectivity index (χ2n) is 3.85. The number of amides is 1. The van der Waals surface area contributed by atoms with Crippen molar-refractivity contribution in [2.75, 3.05) is 13.2 Å². The van der Waals surface area contributed by atoms with Crippen LogP contribution in [0.2, 0.25) is 0 Å². The van der Waals surface area contributed by atoms with Gasteiger partial charge in [-0.15, -0.1) is 0 Å². The van der Waals surface area contributed by atoms with Crippen LogP contribution in [0.5, 0.6) is 0 Å². The SMILES string of the molecule is CC(O)C(=O)OC(C)C(=O)OC(C)C(=O)NCCO. The van der Waals surface area contributed by atoms with Gasteiger partial charge in [-0.2, -0.15) is 0 Å². The smallest absolute Gasteiger partial charge is 0.347 e. The molecule has 19 heavy (non-hydrogen) atoms. The molecule has 8 nitrogen and oxygen atoms in total. The molecule has 0 aliphatic heterocycles. The number of esters is 2. The lowest BCUT2D eigenvalue weighted by Crippen LogP contribution is -2.40. The van der Waals surface area contributed by atoms with Crippen LogP contribution >= 0.6 is 0 Å². The molecule has 1 amide bonds. The molecule has 0 saturated carbocycles. The molecule has 0 aromatic rings. The van der Waals surface area contributed by atoms with Crippen LogP contribution in [0.15, 0.2) is 0 Å². The van der Waals surface area contributed by atoms with E-state index in [1.165, 1.54) is 20.8 Å². The van der Waals surface area contributed by atoms with Crippen LogP contribution in [0.1, 0.15) is 20.8 Å². The molecular weight excluding hydrogens is 258 g/mol. The van der Waals surface area contributed by atoms with Crippen molar-refractivity contribution in [3.05, 3.63) is 0 Å². The summed E-state index contributed by atoms with van der Waals surface area (Å²) in [4.78, 5) is 33.9. The Morgan fingerprint density at radius 2 is 1.58 bits per heavy atom. The molecule has 8 heteroatoms. The van der Waals surface area contributed by atoms with Gasteiger partial charge in [0.1, 0.15) is 6.10 Å². The fourth-order valence-electron chi connectivity index (χ4n) is 0.967. The van der Waals surface area contributed by atoms with Gasteiger partial charge in [0, 0.05) is 6.54 Å². The molecule has 0 aromatic carbocycles. The third-order valence-electron chi connectivity index (χ3n) is 2.04. The van der Waals surface area contributed by atoms with E-state index in [1.54, 1.807) is 0 Å². The number of aliphatic hydroxyl groups is 2. The molecule has 3 atom stereocenters. The maximum atomic E-state index is 11.5. The van der Waals surface area contributed by atoms with E-state index in [0.29, 0.717) is 0 Å². The summed E-state index contributed by atoms with van der Waals surface area (Å²) < 4.78 is 9.36. The molecule has 110 valence electrons. The number of carbonyl (C=O) groups is 3. The normalized spacial score (nSPS) is 15.0. The van der Waals surface area contributed by atoms with Gasteiger partial charge in [-0.3, -0.25) is 4.79 Å². The standard InChI is InChI=1S/C11H19NO7/c1-6(14)10(16)19-8(3)11(17)18-7(2)9(15)12-4-5-13/h6-8,13-14H,4-5H2,1-3H3,(H,12,15). The second-order valence-corrected chi connectivity index (χ2v) is 3.85. The Labute approximate surface area is 110 Å². The topological polar surface area (TPSA) is 122 Å². The maximum Gasteiger partial charge on any atom is 0.347 e. The van der Waals surface area contributed by atoms with E-state index in [1.807, 2.05) is 0 Å². The van der Waals surface area contributed by atoms with Crippen LogP contribution < -0.4 is 5.32 Å². The average molecular weight is 277 g/mol. The lowest BCUT2D eigenvalue weighted by Gasteiger charge is -2.17. The van der Waals surface area contributed by atoms with Gasteiger partial charge in [-0.05, 0) is 20.8 Å². The number of ether oxygens (including phenoxy) is 2. The summed E-state index contributed by atoms with van der Waals surface area (Å²) in [6.07, 6.45) is -3.65. The van der Waals surface area contributed by atoms with Crippen LogP contribution in [-0.2, 0) is 23.9 Å². The first-order valence-corrected chi connectivity index (χ1v) is 5.77. The molecule has 3 unspecified atom stereocenters. The van der Waals surface area contributed by atoms with Gasteiger partial charge < -0.3 is 25.0 Å². The first-order chi connectivity index (χ1) is 8.79. The molecule has 0 saturated heterocycles. The zero-order valence-electron chi connectivity index (χ0n) is 11.1. The van der Waals surface area contributed by atoms with E-state index in [9.17, 15) is 14.4 Å². The monoisotopic (exact) mass is 277 g/mol. The molecule has 0 aliphatic rings. The van der Waals surface area contributed by atoms with Gasteiger partial charge in [0.15, 0.2) is 12.2 Å². The Morgan fingerprint density at radius 3 is 2.05 bits per heavy atom. The number of hydrogen-bond donors (Lipinski definition) is 3. The van der Waals surface area contributed by atoms with E-state index >= 15 is 0 Å². The Morgan fingerprint density at radius 1 is 1.05 bits per heavy atom. The third-order valence-corrected chi connectivity index (χ3v) is 2.04. The third kappa shape index (κ3) is 6.73. The molecule has 3 N–H and O–H groups in total. The van der Waals surface area contributed by atoms with Crippen molar-refractivity contribution < 1.29 is 34.1 Å².